The van der Waals surface area contributed by atoms with Gasteiger partial charge in [0.25, 0.3) is 0 Å². The van der Waals surface area contributed by atoms with Gasteiger partial charge in [-0.05, 0) is 39.2 Å². The molecule has 1 amide bonds. The molecule has 1 aliphatic heterocycles. The van der Waals surface area contributed by atoms with Crippen molar-refractivity contribution in [3.8, 4) is 0 Å². The molecule has 1 aliphatic rings. The molecule has 3 N–H and O–H groups in total. The highest BCUT2D eigenvalue weighted by atomic mass is 16.6. The van der Waals surface area contributed by atoms with Crippen molar-refractivity contribution < 1.29 is 9.53 Å². The minimum Gasteiger partial charge on any atom is -0.444 e. The summed E-state index contributed by atoms with van der Waals surface area (Å²) in [6.07, 6.45) is 4.01. The minimum atomic E-state index is -0.489. The van der Waals surface area contributed by atoms with Crippen molar-refractivity contribution in [2.75, 3.05) is 23.7 Å². The number of nitrogen functional groups attached to an aromatic ring is 1. The van der Waals surface area contributed by atoms with Crippen LogP contribution in [0.4, 0.5) is 16.2 Å². The summed E-state index contributed by atoms with van der Waals surface area (Å²) in [5.74, 6) is 0.395. The Labute approximate surface area is 132 Å². The summed E-state index contributed by atoms with van der Waals surface area (Å²) in [7, 11) is 0. The highest BCUT2D eigenvalue weighted by Crippen LogP contribution is 2.27. The Kier molecular flexibility index (Phi) is 4.78. The normalized spacial score (nSPS) is 22.3. The van der Waals surface area contributed by atoms with Gasteiger partial charge in [0.15, 0.2) is 0 Å². The van der Waals surface area contributed by atoms with Crippen LogP contribution in [0.15, 0.2) is 18.5 Å². The van der Waals surface area contributed by atoms with Crippen molar-refractivity contribution in [2.45, 2.75) is 45.8 Å². The number of anilines is 2. The summed E-state index contributed by atoms with van der Waals surface area (Å²) in [4.78, 5) is 18.2. The van der Waals surface area contributed by atoms with Gasteiger partial charge in [0.05, 0.1) is 23.6 Å². The van der Waals surface area contributed by atoms with E-state index in [9.17, 15) is 4.79 Å². The van der Waals surface area contributed by atoms with Crippen LogP contribution in [0.25, 0.3) is 0 Å². The van der Waals surface area contributed by atoms with E-state index in [1.807, 2.05) is 26.8 Å². The zero-order valence-corrected chi connectivity index (χ0v) is 13.8. The number of rotatable bonds is 2. The zero-order chi connectivity index (χ0) is 16.3. The fraction of sp³-hybridized carbons (Fsp3) is 0.625. The molecule has 0 radical (unpaired) electrons. The van der Waals surface area contributed by atoms with Crippen molar-refractivity contribution in [3.63, 3.8) is 0 Å². The van der Waals surface area contributed by atoms with Crippen LogP contribution in [0.1, 0.15) is 34.1 Å². The molecular weight excluding hydrogens is 280 g/mol. The predicted molar refractivity (Wildman–Crippen MR) is 87.8 cm³/mol. The Morgan fingerprint density at radius 2 is 2.23 bits per heavy atom. The number of nitrogens with two attached hydrogens (primary N) is 1. The third-order valence-corrected chi connectivity index (χ3v) is 3.83. The van der Waals surface area contributed by atoms with E-state index in [2.05, 4.69) is 22.1 Å². The number of nitrogens with zero attached hydrogens (tertiary/aromatic N) is 2. The first kappa shape index (κ1) is 16.4. The molecule has 1 fully saturated rings. The average molecular weight is 306 g/mol. The standard InChI is InChI=1S/C16H26N4O2/c1-11-6-8-20(14-5-7-18-9-12(14)17)10-13(11)19-15(21)22-16(2,3)4/h5,7,9,11,13H,6,8,10,17H2,1-4H3,(H,19,21)/t11-,13?/m0/s1. The topological polar surface area (TPSA) is 80.5 Å². The van der Waals surface area contributed by atoms with Gasteiger partial charge in [0.2, 0.25) is 0 Å². The van der Waals surface area contributed by atoms with E-state index >= 15 is 0 Å². The van der Waals surface area contributed by atoms with Gasteiger partial charge in [-0.1, -0.05) is 6.92 Å². The Hall–Kier alpha value is -1.98. The summed E-state index contributed by atoms with van der Waals surface area (Å²) in [6, 6.07) is 1.95. The number of hydrogen-bond acceptors (Lipinski definition) is 5. The number of carbonyl (C=O) groups excluding carboxylic acids is 1. The first-order valence-electron chi connectivity index (χ1n) is 7.70. The molecule has 0 saturated carbocycles. The molecule has 122 valence electrons. The SMILES string of the molecule is C[C@H]1CCN(c2ccncc2N)CC1NC(=O)OC(C)(C)C. The Morgan fingerprint density at radius 3 is 2.86 bits per heavy atom. The van der Waals surface area contributed by atoms with Gasteiger partial charge in [0.1, 0.15) is 5.60 Å². The molecule has 0 aromatic carbocycles. The average Bonchev–Trinajstić information content (AvgIpc) is 2.40. The Morgan fingerprint density at radius 1 is 1.50 bits per heavy atom. The highest BCUT2D eigenvalue weighted by Gasteiger charge is 2.29. The number of aromatic nitrogens is 1. The number of hydrogen-bond donors (Lipinski definition) is 2. The largest absolute Gasteiger partial charge is 0.444 e. The van der Waals surface area contributed by atoms with E-state index in [0.717, 1.165) is 18.7 Å². The van der Waals surface area contributed by atoms with E-state index in [4.69, 9.17) is 10.5 Å². The van der Waals surface area contributed by atoms with Crippen LogP contribution in [0.3, 0.4) is 0 Å². The molecule has 6 nitrogen and oxygen atoms in total. The van der Waals surface area contributed by atoms with Crippen LogP contribution in [0.2, 0.25) is 0 Å². The zero-order valence-electron chi connectivity index (χ0n) is 13.8. The molecule has 6 heteroatoms. The van der Waals surface area contributed by atoms with Crippen molar-refractivity contribution in [2.24, 2.45) is 5.92 Å². The van der Waals surface area contributed by atoms with Crippen molar-refractivity contribution >= 4 is 17.5 Å². The van der Waals surface area contributed by atoms with Gasteiger partial charge in [-0.3, -0.25) is 4.98 Å². The molecule has 2 atom stereocenters. The second kappa shape index (κ2) is 6.42. The van der Waals surface area contributed by atoms with Crippen LogP contribution in [0, 0.1) is 5.92 Å². The molecule has 0 spiro atoms. The summed E-state index contributed by atoms with van der Waals surface area (Å²) < 4.78 is 5.35. The summed E-state index contributed by atoms with van der Waals surface area (Å²) in [5.41, 5.74) is 7.14. The maximum absolute atomic E-state index is 12.0. The molecule has 1 aromatic rings. The molecule has 1 saturated heterocycles. The van der Waals surface area contributed by atoms with Crippen molar-refractivity contribution in [3.05, 3.63) is 18.5 Å². The van der Waals surface area contributed by atoms with Gasteiger partial charge in [-0.2, -0.15) is 0 Å². The number of amides is 1. The Balaban J connectivity index is 2.02. The number of ether oxygens (including phenoxy) is 1. The molecule has 1 aromatic heterocycles. The minimum absolute atomic E-state index is 0.0381. The Bertz CT molecular complexity index is 527. The third kappa shape index (κ3) is 4.26. The smallest absolute Gasteiger partial charge is 0.407 e. The first-order valence-corrected chi connectivity index (χ1v) is 7.70. The van der Waals surface area contributed by atoms with Crippen LogP contribution < -0.4 is 16.0 Å². The molecular formula is C16H26N4O2. The third-order valence-electron chi connectivity index (χ3n) is 3.83. The summed E-state index contributed by atoms with van der Waals surface area (Å²) >= 11 is 0. The predicted octanol–water partition coefficient (Wildman–Crippen LogP) is 2.40. The maximum atomic E-state index is 12.0. The summed E-state index contributed by atoms with van der Waals surface area (Å²) in [6.45, 7) is 9.37. The van der Waals surface area contributed by atoms with Crippen LogP contribution >= 0.6 is 0 Å². The summed E-state index contributed by atoms with van der Waals surface area (Å²) in [5, 5.41) is 2.99. The monoisotopic (exact) mass is 306 g/mol. The van der Waals surface area contributed by atoms with Gasteiger partial charge in [-0.25, -0.2) is 4.79 Å². The van der Waals surface area contributed by atoms with E-state index in [-0.39, 0.29) is 12.1 Å². The fourth-order valence-corrected chi connectivity index (χ4v) is 2.62. The lowest BCUT2D eigenvalue weighted by molar-refractivity contribution is 0.0483. The lowest BCUT2D eigenvalue weighted by Crippen LogP contribution is -2.53. The molecule has 0 aliphatic carbocycles. The van der Waals surface area contributed by atoms with Gasteiger partial charge in [0, 0.05) is 19.3 Å². The molecule has 22 heavy (non-hydrogen) atoms. The van der Waals surface area contributed by atoms with Crippen LogP contribution in [-0.2, 0) is 4.74 Å². The number of nitrogens with one attached hydrogen (secondary N) is 1. The number of alkyl carbamates (subject to hydrolysis) is 1. The molecule has 1 unspecified atom stereocenters. The second-order valence-corrected chi connectivity index (χ2v) is 6.90. The van der Waals surface area contributed by atoms with Gasteiger partial charge >= 0.3 is 6.09 Å². The molecule has 2 heterocycles. The van der Waals surface area contributed by atoms with E-state index in [1.165, 1.54) is 0 Å². The van der Waals surface area contributed by atoms with E-state index in [1.54, 1.807) is 12.4 Å². The van der Waals surface area contributed by atoms with Gasteiger partial charge < -0.3 is 20.7 Å². The lowest BCUT2D eigenvalue weighted by atomic mass is 9.93. The molecule has 2 rings (SSSR count). The number of carbonyl (C=O) groups is 1. The van der Waals surface area contributed by atoms with Gasteiger partial charge in [-0.15, -0.1) is 0 Å². The molecule has 0 bridgehead atoms. The van der Waals surface area contributed by atoms with E-state index in [0.29, 0.717) is 18.2 Å². The van der Waals surface area contributed by atoms with Crippen molar-refractivity contribution in [1.29, 1.82) is 0 Å². The maximum Gasteiger partial charge on any atom is 0.407 e. The lowest BCUT2D eigenvalue weighted by Gasteiger charge is -2.39. The second-order valence-electron chi connectivity index (χ2n) is 6.90. The van der Waals surface area contributed by atoms with Crippen molar-refractivity contribution in [1.82, 2.24) is 10.3 Å². The highest BCUT2D eigenvalue weighted by molar-refractivity contribution is 5.69. The fourth-order valence-electron chi connectivity index (χ4n) is 2.62. The number of pyridine rings is 1. The quantitative estimate of drug-likeness (QED) is 0.877. The van der Waals surface area contributed by atoms with Crippen LogP contribution in [-0.4, -0.2) is 35.8 Å². The first-order chi connectivity index (χ1) is 10.3. The van der Waals surface area contributed by atoms with Crippen LogP contribution in [0.5, 0.6) is 0 Å². The number of piperidine rings is 1. The van der Waals surface area contributed by atoms with E-state index < -0.39 is 5.60 Å².